The number of benzene rings is 3. The number of aromatic carboxylic acids is 2. The van der Waals surface area contributed by atoms with Crippen molar-refractivity contribution in [1.82, 2.24) is 9.88 Å². The van der Waals surface area contributed by atoms with Crippen molar-refractivity contribution in [2.24, 2.45) is 10.2 Å². The molecule has 12 heteroatoms. The second kappa shape index (κ2) is 16.2. The molecule has 1 aromatic heterocycles. The van der Waals surface area contributed by atoms with E-state index in [0.717, 1.165) is 65.4 Å². The van der Waals surface area contributed by atoms with Crippen LogP contribution < -0.4 is 5.32 Å². The van der Waals surface area contributed by atoms with E-state index in [4.69, 9.17) is 21.8 Å². The molecule has 0 radical (unpaired) electrons. The number of carboxylic acids is 2. The maximum atomic E-state index is 10.9. The van der Waals surface area contributed by atoms with E-state index in [0.29, 0.717) is 6.04 Å². The van der Waals surface area contributed by atoms with Crippen LogP contribution >= 0.6 is 11.6 Å². The maximum Gasteiger partial charge on any atom is 0.339 e. The summed E-state index contributed by atoms with van der Waals surface area (Å²) in [6, 6.07) is 15.6. The molecular formula is C32H36ClN5O6. The summed E-state index contributed by atoms with van der Waals surface area (Å²) in [5, 5.41) is 49.5. The first-order valence-electron chi connectivity index (χ1n) is 14.1. The number of nitrogens with zero attached hydrogens (tertiary/aromatic N) is 4. The largest absolute Gasteiger partial charge is 0.507 e. The number of carbonyl (C=O) groups is 2. The molecule has 3 aromatic carbocycles. The average Bonchev–Trinajstić information content (AvgIpc) is 2.99. The Morgan fingerprint density at radius 1 is 0.886 bits per heavy atom. The Hall–Kier alpha value is -4.74. The first kappa shape index (κ1) is 33.8. The average molecular weight is 622 g/mol. The van der Waals surface area contributed by atoms with Gasteiger partial charge in [-0.3, -0.25) is 4.98 Å². The van der Waals surface area contributed by atoms with Gasteiger partial charge in [-0.1, -0.05) is 25.4 Å². The van der Waals surface area contributed by atoms with Gasteiger partial charge in [-0.2, -0.15) is 10.2 Å². The number of phenols is 2. The van der Waals surface area contributed by atoms with E-state index in [-0.39, 0.29) is 22.5 Å². The summed E-state index contributed by atoms with van der Waals surface area (Å²) in [6.07, 6.45) is 4.21. The summed E-state index contributed by atoms with van der Waals surface area (Å²) in [6.45, 7) is 10.1. The first-order chi connectivity index (χ1) is 21.0. The Morgan fingerprint density at radius 2 is 1.45 bits per heavy atom. The molecule has 0 saturated heterocycles. The number of anilines is 1. The highest BCUT2D eigenvalue weighted by Crippen LogP contribution is 2.28. The number of carboxylic acid groups (broad SMARTS) is 2. The third-order valence-electron chi connectivity index (χ3n) is 6.81. The quantitative estimate of drug-likeness (QED) is 0.0994. The topological polar surface area (TPSA) is 168 Å². The van der Waals surface area contributed by atoms with Crippen molar-refractivity contribution >= 4 is 51.5 Å². The van der Waals surface area contributed by atoms with E-state index in [2.05, 4.69) is 46.2 Å². The van der Waals surface area contributed by atoms with Gasteiger partial charge < -0.3 is 30.6 Å². The normalized spacial score (nSPS) is 11.8. The van der Waals surface area contributed by atoms with Gasteiger partial charge in [0.1, 0.15) is 22.6 Å². The van der Waals surface area contributed by atoms with Crippen LogP contribution in [0.1, 0.15) is 54.3 Å². The van der Waals surface area contributed by atoms with Crippen LogP contribution in [0.5, 0.6) is 11.5 Å². The molecule has 11 nitrogen and oxygen atoms in total. The molecular weight excluding hydrogens is 586 g/mol. The number of nitrogens with one attached hydrogen (secondary N) is 1. The molecule has 0 spiro atoms. The third kappa shape index (κ3) is 9.65. The second-order valence-corrected chi connectivity index (χ2v) is 10.4. The Labute approximate surface area is 260 Å². The molecule has 0 amide bonds. The molecule has 0 aliphatic rings. The fourth-order valence-corrected chi connectivity index (χ4v) is 4.54. The van der Waals surface area contributed by atoms with E-state index in [9.17, 15) is 19.8 Å². The number of rotatable bonds is 12. The molecule has 1 atom stereocenters. The number of fused-ring (bicyclic) bond motifs is 1. The Balaban J connectivity index is 0.000000240. The van der Waals surface area contributed by atoms with Crippen LogP contribution in [0.3, 0.4) is 0 Å². The minimum absolute atomic E-state index is 0.167. The number of hydrogen-bond acceptors (Lipinski definition) is 9. The number of pyridine rings is 1. The standard InChI is InChI=1S/C18H26ClN3.C14H10N2O6/c1-4-22(5-2)12-6-7-14(3)21-17-10-11-20-18-13-15(19)8-9-16(17)18;17-11-3-1-7(5-9(11)13(19)20)15-16-8-2-4-12(18)10(6-8)14(21)22/h8-11,13-14H,4-7,12H2,1-3H3,(H,20,21);1-6,17-18H,(H,19,20)(H,21,22)/b;16-15+. The summed E-state index contributed by atoms with van der Waals surface area (Å²) < 4.78 is 0. The molecule has 232 valence electrons. The zero-order valence-corrected chi connectivity index (χ0v) is 25.5. The summed E-state index contributed by atoms with van der Waals surface area (Å²) >= 11 is 6.04. The highest BCUT2D eigenvalue weighted by Gasteiger charge is 2.12. The van der Waals surface area contributed by atoms with Crippen molar-refractivity contribution in [2.45, 2.75) is 39.7 Å². The Morgan fingerprint density at radius 3 is 1.98 bits per heavy atom. The van der Waals surface area contributed by atoms with Crippen molar-refractivity contribution in [2.75, 3.05) is 25.0 Å². The summed E-state index contributed by atoms with van der Waals surface area (Å²) in [4.78, 5) is 28.6. The predicted molar refractivity (Wildman–Crippen MR) is 171 cm³/mol. The van der Waals surface area contributed by atoms with E-state index in [1.807, 2.05) is 30.5 Å². The minimum Gasteiger partial charge on any atom is -0.507 e. The molecule has 5 N–H and O–H groups in total. The van der Waals surface area contributed by atoms with Crippen molar-refractivity contribution < 1.29 is 30.0 Å². The van der Waals surface area contributed by atoms with E-state index < -0.39 is 23.4 Å². The molecule has 0 aliphatic carbocycles. The monoisotopic (exact) mass is 621 g/mol. The van der Waals surface area contributed by atoms with Gasteiger partial charge in [0.05, 0.1) is 16.9 Å². The van der Waals surface area contributed by atoms with E-state index >= 15 is 0 Å². The van der Waals surface area contributed by atoms with Crippen LogP contribution in [-0.4, -0.2) is 67.9 Å². The van der Waals surface area contributed by atoms with Crippen molar-refractivity contribution in [3.63, 3.8) is 0 Å². The van der Waals surface area contributed by atoms with Crippen molar-refractivity contribution in [3.8, 4) is 11.5 Å². The molecule has 0 fully saturated rings. The fourth-order valence-electron chi connectivity index (χ4n) is 4.38. The Kier molecular flexibility index (Phi) is 12.4. The molecule has 0 aliphatic heterocycles. The van der Waals surface area contributed by atoms with Crippen LogP contribution in [-0.2, 0) is 0 Å². The fraction of sp³-hybridized carbons (Fsp3) is 0.281. The van der Waals surface area contributed by atoms with Gasteiger partial charge in [0.2, 0.25) is 0 Å². The predicted octanol–water partition coefficient (Wildman–Crippen LogP) is 7.72. The summed E-state index contributed by atoms with van der Waals surface area (Å²) in [5.41, 5.74) is 1.76. The lowest BCUT2D eigenvalue weighted by Gasteiger charge is -2.20. The van der Waals surface area contributed by atoms with Crippen LogP contribution in [0.25, 0.3) is 10.9 Å². The van der Waals surface area contributed by atoms with Gasteiger partial charge in [0.15, 0.2) is 0 Å². The zero-order chi connectivity index (χ0) is 32.2. The van der Waals surface area contributed by atoms with Crippen LogP contribution in [0, 0.1) is 0 Å². The highest BCUT2D eigenvalue weighted by molar-refractivity contribution is 6.31. The molecule has 0 bridgehead atoms. The van der Waals surface area contributed by atoms with Crippen LogP contribution in [0.15, 0.2) is 77.1 Å². The SMILES string of the molecule is CCN(CC)CCCC(C)Nc1ccnc2cc(Cl)ccc12.O=C(O)c1cc(/N=N/c2ccc(O)c(C(=O)O)c2)ccc1O. The van der Waals surface area contributed by atoms with Gasteiger partial charge in [-0.05, 0) is 100 Å². The van der Waals surface area contributed by atoms with Gasteiger partial charge in [0, 0.05) is 28.3 Å². The lowest BCUT2D eigenvalue weighted by Crippen LogP contribution is -2.25. The molecule has 44 heavy (non-hydrogen) atoms. The number of aromatic hydroxyl groups is 2. The number of aromatic nitrogens is 1. The van der Waals surface area contributed by atoms with Gasteiger partial charge in [-0.25, -0.2) is 9.59 Å². The smallest absolute Gasteiger partial charge is 0.339 e. The van der Waals surface area contributed by atoms with E-state index in [1.165, 1.54) is 25.1 Å². The van der Waals surface area contributed by atoms with Crippen LogP contribution in [0.2, 0.25) is 5.02 Å². The first-order valence-corrected chi connectivity index (χ1v) is 14.5. The zero-order valence-electron chi connectivity index (χ0n) is 24.7. The number of hydrogen-bond donors (Lipinski definition) is 5. The van der Waals surface area contributed by atoms with Gasteiger partial charge in [0.25, 0.3) is 0 Å². The lowest BCUT2D eigenvalue weighted by atomic mass is 10.1. The minimum atomic E-state index is -1.31. The van der Waals surface area contributed by atoms with Crippen LogP contribution in [0.4, 0.5) is 17.1 Å². The third-order valence-corrected chi connectivity index (χ3v) is 7.05. The number of halogens is 1. The Bertz CT molecular complexity index is 1560. The summed E-state index contributed by atoms with van der Waals surface area (Å²) in [7, 11) is 0. The van der Waals surface area contributed by atoms with E-state index in [1.54, 1.807) is 0 Å². The maximum absolute atomic E-state index is 10.9. The van der Waals surface area contributed by atoms with Crippen molar-refractivity contribution in [1.29, 1.82) is 0 Å². The molecule has 4 rings (SSSR count). The van der Waals surface area contributed by atoms with Gasteiger partial charge in [-0.15, -0.1) is 0 Å². The van der Waals surface area contributed by atoms with Gasteiger partial charge >= 0.3 is 11.9 Å². The molecule has 1 heterocycles. The lowest BCUT2D eigenvalue weighted by molar-refractivity contribution is 0.0682. The summed E-state index contributed by atoms with van der Waals surface area (Å²) in [5.74, 6) is -3.42. The molecule has 4 aromatic rings. The van der Waals surface area contributed by atoms with Crippen molar-refractivity contribution in [3.05, 3.63) is 83.0 Å². The molecule has 0 saturated carbocycles. The molecule has 1 unspecified atom stereocenters. The number of azo groups is 1. The second-order valence-electron chi connectivity index (χ2n) is 9.95. The highest BCUT2D eigenvalue weighted by atomic mass is 35.5.